The predicted octanol–water partition coefficient (Wildman–Crippen LogP) is 3.98. The van der Waals surface area contributed by atoms with Crippen molar-refractivity contribution in [3.63, 3.8) is 0 Å². The first kappa shape index (κ1) is 15.4. The van der Waals surface area contributed by atoms with E-state index < -0.39 is 0 Å². The smallest absolute Gasteiger partial charge is 0.152 e. The molecule has 0 unspecified atom stereocenters. The highest BCUT2D eigenvalue weighted by Crippen LogP contribution is 2.21. The molecule has 0 N–H and O–H groups in total. The second-order valence-electron chi connectivity index (χ2n) is 7.04. The molecule has 0 aliphatic carbocycles. The van der Waals surface area contributed by atoms with Crippen LogP contribution in [0.2, 0.25) is 0 Å². The quantitative estimate of drug-likeness (QED) is 0.562. The minimum atomic E-state index is -0.0398. The fourth-order valence-corrected chi connectivity index (χ4v) is 1.48. The fraction of sp³-hybridized carbons (Fsp3) is 0.529. The maximum absolute atomic E-state index is 11.0. The monoisotopic (exact) mass is 257 g/mol. The highest BCUT2D eigenvalue weighted by molar-refractivity contribution is 5.78. The first-order chi connectivity index (χ1) is 8.63. The summed E-state index contributed by atoms with van der Waals surface area (Å²) in [6, 6.07) is 3.71. The maximum Gasteiger partial charge on any atom is 0.152 e. The number of hydrogen-bond acceptors (Lipinski definition) is 2. The molecule has 2 heteroatoms. The van der Waals surface area contributed by atoms with Gasteiger partial charge in [0.05, 0.1) is 0 Å². The van der Waals surface area contributed by atoms with Crippen molar-refractivity contribution in [1.29, 1.82) is 0 Å². The van der Waals surface area contributed by atoms with Gasteiger partial charge in [0.25, 0.3) is 0 Å². The second kappa shape index (κ2) is 5.57. The molecule has 0 bridgehead atoms. The molecule has 0 radical (unpaired) electrons. The summed E-state index contributed by atoms with van der Waals surface area (Å²) in [6.45, 7) is 12.7. The van der Waals surface area contributed by atoms with Gasteiger partial charge in [-0.2, -0.15) is 0 Å². The van der Waals surface area contributed by atoms with Gasteiger partial charge in [0.2, 0.25) is 0 Å². The Hall–Kier alpha value is -1.62. The summed E-state index contributed by atoms with van der Waals surface area (Å²) in [5.41, 5.74) is 2.23. The molecule has 0 aliphatic heterocycles. The minimum absolute atomic E-state index is 0.0398. The molecule has 1 aromatic heterocycles. The Morgan fingerprint density at radius 3 is 2.26 bits per heavy atom. The Labute approximate surface area is 116 Å². The lowest BCUT2D eigenvalue weighted by Gasteiger charge is -2.18. The normalized spacial score (nSPS) is 11.7. The predicted molar refractivity (Wildman–Crippen MR) is 79.3 cm³/mol. The van der Waals surface area contributed by atoms with Gasteiger partial charge in [0.15, 0.2) is 6.29 Å². The van der Waals surface area contributed by atoms with Gasteiger partial charge in [-0.05, 0) is 23.5 Å². The Bertz CT molecular complexity index is 519. The molecule has 0 aliphatic rings. The topological polar surface area (TPSA) is 30.0 Å². The molecule has 0 atom stereocenters. The maximum atomic E-state index is 11.0. The van der Waals surface area contributed by atoms with Crippen molar-refractivity contribution in [2.24, 2.45) is 5.41 Å². The van der Waals surface area contributed by atoms with Crippen molar-refractivity contribution in [3.8, 4) is 11.8 Å². The Morgan fingerprint density at radius 1 is 1.16 bits per heavy atom. The number of carbonyl (C=O) groups is 1. The van der Waals surface area contributed by atoms with Crippen LogP contribution >= 0.6 is 0 Å². The van der Waals surface area contributed by atoms with Gasteiger partial charge in [-0.25, -0.2) is 4.98 Å². The summed E-state index contributed by atoms with van der Waals surface area (Å²) in [6.07, 6.45) is 1.60. The molecule has 0 saturated heterocycles. The van der Waals surface area contributed by atoms with E-state index in [2.05, 4.69) is 58.4 Å². The van der Waals surface area contributed by atoms with Crippen molar-refractivity contribution in [1.82, 2.24) is 4.98 Å². The summed E-state index contributed by atoms with van der Waals surface area (Å²) in [4.78, 5) is 15.6. The SMILES string of the molecule is CC(C)(C)CC#Cc1nc(C(C)(C)C)ccc1C=O. The van der Waals surface area contributed by atoms with Gasteiger partial charge >= 0.3 is 0 Å². The molecule has 1 heterocycles. The van der Waals surface area contributed by atoms with Crippen LogP contribution in [0.15, 0.2) is 12.1 Å². The number of hydrogen-bond donors (Lipinski definition) is 0. The third-order valence-corrected chi connectivity index (χ3v) is 2.65. The van der Waals surface area contributed by atoms with Crippen LogP contribution in [-0.2, 0) is 5.41 Å². The van der Waals surface area contributed by atoms with Crippen molar-refractivity contribution in [3.05, 3.63) is 29.1 Å². The van der Waals surface area contributed by atoms with Crippen LogP contribution in [0.1, 0.15) is 69.7 Å². The number of nitrogens with zero attached hydrogens (tertiary/aromatic N) is 1. The van der Waals surface area contributed by atoms with E-state index in [0.717, 1.165) is 18.4 Å². The summed E-state index contributed by atoms with van der Waals surface area (Å²) >= 11 is 0. The van der Waals surface area contributed by atoms with Crippen LogP contribution in [0.3, 0.4) is 0 Å². The third-order valence-electron chi connectivity index (χ3n) is 2.65. The minimum Gasteiger partial charge on any atom is -0.298 e. The van der Waals surface area contributed by atoms with E-state index in [9.17, 15) is 4.79 Å². The van der Waals surface area contributed by atoms with Gasteiger partial charge in [-0.3, -0.25) is 4.79 Å². The molecule has 0 saturated carbocycles. The van der Waals surface area contributed by atoms with Crippen molar-refractivity contribution < 1.29 is 4.79 Å². The van der Waals surface area contributed by atoms with E-state index in [-0.39, 0.29) is 10.8 Å². The number of aldehydes is 1. The van der Waals surface area contributed by atoms with Gasteiger partial charge < -0.3 is 0 Å². The van der Waals surface area contributed by atoms with Crippen LogP contribution in [0.25, 0.3) is 0 Å². The Kier molecular flexibility index (Phi) is 4.52. The zero-order chi connectivity index (χ0) is 14.7. The molecule has 0 aromatic carbocycles. The summed E-state index contributed by atoms with van der Waals surface area (Å²) in [5.74, 6) is 6.16. The molecule has 0 fully saturated rings. The van der Waals surface area contributed by atoms with E-state index in [1.54, 1.807) is 0 Å². The lowest BCUT2D eigenvalue weighted by Crippen LogP contribution is -2.14. The number of carbonyl (C=O) groups excluding carboxylic acids is 1. The largest absolute Gasteiger partial charge is 0.298 e. The molecule has 102 valence electrons. The lowest BCUT2D eigenvalue weighted by molar-refractivity contribution is 0.112. The highest BCUT2D eigenvalue weighted by atomic mass is 16.1. The van der Waals surface area contributed by atoms with E-state index in [0.29, 0.717) is 11.3 Å². The number of rotatable bonds is 1. The van der Waals surface area contributed by atoms with Crippen molar-refractivity contribution in [2.45, 2.75) is 53.4 Å². The van der Waals surface area contributed by atoms with Gasteiger partial charge in [-0.1, -0.05) is 47.5 Å². The number of aromatic nitrogens is 1. The van der Waals surface area contributed by atoms with Crippen LogP contribution in [0.5, 0.6) is 0 Å². The van der Waals surface area contributed by atoms with E-state index in [1.807, 2.05) is 12.1 Å². The molecule has 0 spiro atoms. The highest BCUT2D eigenvalue weighted by Gasteiger charge is 2.16. The second-order valence-corrected chi connectivity index (χ2v) is 7.04. The van der Waals surface area contributed by atoms with E-state index in [1.165, 1.54) is 0 Å². The summed E-state index contributed by atoms with van der Waals surface area (Å²) in [5, 5.41) is 0. The molecule has 1 aromatic rings. The molecular weight excluding hydrogens is 234 g/mol. The average molecular weight is 257 g/mol. The van der Waals surface area contributed by atoms with Gasteiger partial charge in [0, 0.05) is 23.1 Å². The van der Waals surface area contributed by atoms with Crippen LogP contribution in [0, 0.1) is 17.3 Å². The van der Waals surface area contributed by atoms with E-state index >= 15 is 0 Å². The average Bonchev–Trinajstić information content (AvgIpc) is 2.26. The molecule has 2 nitrogen and oxygen atoms in total. The Balaban J connectivity index is 3.14. The number of pyridine rings is 1. The van der Waals surface area contributed by atoms with E-state index in [4.69, 9.17) is 0 Å². The van der Waals surface area contributed by atoms with Crippen LogP contribution < -0.4 is 0 Å². The molecule has 0 amide bonds. The first-order valence-electron chi connectivity index (χ1n) is 6.59. The van der Waals surface area contributed by atoms with Crippen molar-refractivity contribution >= 4 is 6.29 Å². The molecule has 19 heavy (non-hydrogen) atoms. The zero-order valence-electron chi connectivity index (χ0n) is 12.8. The van der Waals surface area contributed by atoms with Gasteiger partial charge in [-0.15, -0.1) is 0 Å². The summed E-state index contributed by atoms with van der Waals surface area (Å²) in [7, 11) is 0. The van der Waals surface area contributed by atoms with Crippen LogP contribution in [-0.4, -0.2) is 11.3 Å². The summed E-state index contributed by atoms with van der Waals surface area (Å²) < 4.78 is 0. The van der Waals surface area contributed by atoms with Crippen LogP contribution in [0.4, 0.5) is 0 Å². The molecular formula is C17H23NO. The third kappa shape index (κ3) is 4.87. The lowest BCUT2D eigenvalue weighted by atomic mass is 9.91. The first-order valence-corrected chi connectivity index (χ1v) is 6.59. The standard InChI is InChI=1S/C17H23NO/c1-16(2,3)11-7-8-14-13(12-19)9-10-15(18-14)17(4,5)6/h9-10,12H,11H2,1-6H3. The zero-order valence-corrected chi connectivity index (χ0v) is 12.8. The fourth-order valence-electron chi connectivity index (χ4n) is 1.48. The van der Waals surface area contributed by atoms with Gasteiger partial charge in [0.1, 0.15) is 5.69 Å². The Morgan fingerprint density at radius 2 is 1.79 bits per heavy atom. The van der Waals surface area contributed by atoms with Crippen molar-refractivity contribution in [2.75, 3.05) is 0 Å². The molecule has 1 rings (SSSR count).